The summed E-state index contributed by atoms with van der Waals surface area (Å²) in [4.78, 5) is 30.6. The van der Waals surface area contributed by atoms with Crippen molar-refractivity contribution in [3.8, 4) is 23.0 Å². The number of amidine groups is 1. The van der Waals surface area contributed by atoms with Gasteiger partial charge in [-0.25, -0.2) is 9.79 Å². The molecule has 0 bridgehead atoms. The molecule has 2 aromatic rings. The molecule has 0 saturated carbocycles. The lowest BCUT2D eigenvalue weighted by molar-refractivity contribution is -0.121. The molecule has 0 aliphatic carbocycles. The van der Waals surface area contributed by atoms with E-state index in [-0.39, 0.29) is 51.9 Å². The van der Waals surface area contributed by atoms with Gasteiger partial charge in [-0.2, -0.15) is 0 Å². The van der Waals surface area contributed by atoms with Crippen molar-refractivity contribution < 1.29 is 34.4 Å². The predicted molar refractivity (Wildman–Crippen MR) is 121 cm³/mol. The molecule has 1 fully saturated rings. The molecular formula is C22H20N2O7S. The summed E-state index contributed by atoms with van der Waals surface area (Å²) in [6.07, 6.45) is 3.11. The highest BCUT2D eigenvalue weighted by atomic mass is 32.2. The Hall–Kier alpha value is -3.92. The molecule has 10 heteroatoms. The van der Waals surface area contributed by atoms with E-state index in [1.807, 2.05) is 0 Å². The average Bonchev–Trinajstić information content (AvgIpc) is 3.05. The van der Waals surface area contributed by atoms with Crippen LogP contribution in [0, 0.1) is 0 Å². The minimum atomic E-state index is -1.26. The minimum absolute atomic E-state index is 0.0916. The lowest BCUT2D eigenvalue weighted by Crippen LogP contribution is -2.29. The van der Waals surface area contributed by atoms with Crippen molar-refractivity contribution in [3.63, 3.8) is 0 Å². The SMILES string of the molecule is C=CCN1C(=O)/C(=C/c2cc(OC)c(O)c(OC)c2)SC1=Nc1ccc(O)cc1C(=O)O. The van der Waals surface area contributed by atoms with Gasteiger partial charge in [-0.1, -0.05) is 6.08 Å². The van der Waals surface area contributed by atoms with Crippen LogP contribution in [0.25, 0.3) is 6.08 Å². The second kappa shape index (κ2) is 9.48. The van der Waals surface area contributed by atoms with Crippen molar-refractivity contribution in [2.45, 2.75) is 0 Å². The third-order valence-electron chi connectivity index (χ3n) is 4.43. The average molecular weight is 456 g/mol. The van der Waals surface area contributed by atoms with Gasteiger partial charge in [-0.15, -0.1) is 6.58 Å². The number of phenols is 2. The minimum Gasteiger partial charge on any atom is -0.508 e. The van der Waals surface area contributed by atoms with Crippen LogP contribution >= 0.6 is 11.8 Å². The van der Waals surface area contributed by atoms with Crippen LogP contribution < -0.4 is 9.47 Å². The molecule has 1 aliphatic rings. The van der Waals surface area contributed by atoms with E-state index < -0.39 is 5.97 Å². The van der Waals surface area contributed by atoms with Crippen molar-refractivity contribution in [3.05, 3.63) is 59.0 Å². The van der Waals surface area contributed by atoms with E-state index in [1.165, 1.54) is 37.3 Å². The Kier molecular flexibility index (Phi) is 6.74. The summed E-state index contributed by atoms with van der Waals surface area (Å²) < 4.78 is 10.3. The molecule has 0 spiro atoms. The quantitative estimate of drug-likeness (QED) is 0.426. The van der Waals surface area contributed by atoms with Crippen molar-refractivity contribution in [1.29, 1.82) is 0 Å². The Morgan fingerprint density at radius 3 is 2.41 bits per heavy atom. The summed E-state index contributed by atoms with van der Waals surface area (Å²) in [6, 6.07) is 6.87. The molecule has 3 rings (SSSR count). The molecule has 1 heterocycles. The summed E-state index contributed by atoms with van der Waals surface area (Å²) in [5.41, 5.74) is 0.437. The van der Waals surface area contributed by atoms with Crippen LogP contribution in [0.1, 0.15) is 15.9 Å². The second-order valence-corrected chi connectivity index (χ2v) is 7.50. The van der Waals surface area contributed by atoms with Gasteiger partial charge < -0.3 is 24.8 Å². The number of methoxy groups -OCH3 is 2. The Morgan fingerprint density at radius 2 is 1.84 bits per heavy atom. The number of thioether (sulfide) groups is 1. The van der Waals surface area contributed by atoms with Crippen molar-refractivity contribution in [2.75, 3.05) is 20.8 Å². The Bertz CT molecular complexity index is 1130. The van der Waals surface area contributed by atoms with Gasteiger partial charge in [0.15, 0.2) is 16.7 Å². The highest BCUT2D eigenvalue weighted by molar-refractivity contribution is 8.18. The Morgan fingerprint density at radius 1 is 1.19 bits per heavy atom. The Labute approximate surface area is 187 Å². The number of rotatable bonds is 7. The van der Waals surface area contributed by atoms with Gasteiger partial charge in [0.05, 0.1) is 30.4 Å². The second-order valence-electron chi connectivity index (χ2n) is 6.49. The van der Waals surface area contributed by atoms with E-state index in [4.69, 9.17) is 9.47 Å². The van der Waals surface area contributed by atoms with E-state index >= 15 is 0 Å². The maximum atomic E-state index is 13.0. The molecule has 1 aliphatic heterocycles. The first-order valence-corrected chi connectivity index (χ1v) is 10.0. The highest BCUT2D eigenvalue weighted by Crippen LogP contribution is 2.40. The molecule has 1 amide bonds. The zero-order valence-electron chi connectivity index (χ0n) is 17.2. The molecule has 0 atom stereocenters. The van der Waals surface area contributed by atoms with Gasteiger partial charge in [0.25, 0.3) is 5.91 Å². The Balaban J connectivity index is 2.06. The fourth-order valence-electron chi connectivity index (χ4n) is 2.93. The van der Waals surface area contributed by atoms with Crippen molar-refractivity contribution in [2.24, 2.45) is 4.99 Å². The van der Waals surface area contributed by atoms with Crippen LogP contribution in [0.2, 0.25) is 0 Å². The number of carboxylic acid groups (broad SMARTS) is 1. The third kappa shape index (κ3) is 4.54. The van der Waals surface area contributed by atoms with Gasteiger partial charge in [-0.05, 0) is 53.7 Å². The van der Waals surface area contributed by atoms with E-state index in [9.17, 15) is 24.9 Å². The number of carbonyl (C=O) groups excluding carboxylic acids is 1. The van der Waals surface area contributed by atoms with Crippen molar-refractivity contribution in [1.82, 2.24) is 4.90 Å². The number of hydrogen-bond acceptors (Lipinski definition) is 8. The first-order chi connectivity index (χ1) is 15.3. The number of phenolic OH excluding ortho intramolecular Hbond substituents is 2. The number of aromatic hydroxyl groups is 2. The van der Waals surface area contributed by atoms with Crippen LogP contribution in [0.3, 0.4) is 0 Å². The number of aromatic carboxylic acids is 1. The number of carboxylic acids is 1. The molecule has 0 radical (unpaired) electrons. The summed E-state index contributed by atoms with van der Waals surface area (Å²) in [5.74, 6) is -1.62. The molecular weight excluding hydrogens is 436 g/mol. The molecule has 2 aromatic carbocycles. The van der Waals surface area contributed by atoms with E-state index in [0.717, 1.165) is 17.8 Å². The van der Waals surface area contributed by atoms with Crippen molar-refractivity contribution >= 4 is 40.6 Å². The molecule has 9 nitrogen and oxygen atoms in total. The molecule has 3 N–H and O–H groups in total. The van der Waals surface area contributed by atoms with Crippen LogP contribution in [-0.4, -0.2) is 58.0 Å². The van der Waals surface area contributed by atoms with Gasteiger partial charge in [-0.3, -0.25) is 9.69 Å². The van der Waals surface area contributed by atoms with Gasteiger partial charge >= 0.3 is 5.97 Å². The van der Waals surface area contributed by atoms with E-state index in [1.54, 1.807) is 18.2 Å². The lowest BCUT2D eigenvalue weighted by Gasteiger charge is -2.13. The lowest BCUT2D eigenvalue weighted by atomic mass is 10.1. The predicted octanol–water partition coefficient (Wildman–Crippen LogP) is 3.60. The summed E-state index contributed by atoms with van der Waals surface area (Å²) in [6.45, 7) is 3.81. The van der Waals surface area contributed by atoms with Crippen LogP contribution in [0.5, 0.6) is 23.0 Å². The number of ether oxygens (including phenoxy) is 2. The largest absolute Gasteiger partial charge is 0.508 e. The number of nitrogens with zero attached hydrogens (tertiary/aromatic N) is 2. The molecule has 32 heavy (non-hydrogen) atoms. The molecule has 0 aromatic heterocycles. The van der Waals surface area contributed by atoms with E-state index in [2.05, 4.69) is 11.6 Å². The van der Waals surface area contributed by atoms with E-state index in [0.29, 0.717) is 10.5 Å². The van der Waals surface area contributed by atoms with Gasteiger partial charge in [0.2, 0.25) is 5.75 Å². The number of hydrogen-bond donors (Lipinski definition) is 3. The maximum Gasteiger partial charge on any atom is 0.338 e. The highest BCUT2D eigenvalue weighted by Gasteiger charge is 2.33. The number of amides is 1. The zero-order chi connectivity index (χ0) is 23.4. The normalized spacial score (nSPS) is 15.9. The summed E-state index contributed by atoms with van der Waals surface area (Å²) in [5, 5.41) is 29.4. The molecule has 0 unspecified atom stereocenters. The first kappa shape index (κ1) is 22.8. The summed E-state index contributed by atoms with van der Waals surface area (Å²) >= 11 is 1.05. The van der Waals surface area contributed by atoms with Crippen LogP contribution in [-0.2, 0) is 4.79 Å². The topological polar surface area (TPSA) is 129 Å². The smallest absolute Gasteiger partial charge is 0.338 e. The summed E-state index contributed by atoms with van der Waals surface area (Å²) in [7, 11) is 2.80. The number of aliphatic imine (C=N–C) groups is 1. The zero-order valence-corrected chi connectivity index (χ0v) is 18.0. The van der Waals surface area contributed by atoms with Gasteiger partial charge in [0, 0.05) is 6.54 Å². The molecule has 166 valence electrons. The maximum absolute atomic E-state index is 13.0. The van der Waals surface area contributed by atoms with Gasteiger partial charge in [0.1, 0.15) is 5.75 Å². The van der Waals surface area contributed by atoms with Crippen LogP contribution in [0.15, 0.2) is 52.9 Å². The fraction of sp³-hybridized carbons (Fsp3) is 0.136. The molecule has 1 saturated heterocycles. The first-order valence-electron chi connectivity index (χ1n) is 9.21. The van der Waals surface area contributed by atoms with Crippen LogP contribution in [0.4, 0.5) is 5.69 Å². The number of benzene rings is 2. The monoisotopic (exact) mass is 456 g/mol. The standard InChI is InChI=1S/C22H20N2O7S/c1-4-7-24-20(27)18(10-12-8-16(30-2)19(26)17(9-12)31-3)32-22(24)23-15-6-5-13(25)11-14(15)21(28)29/h4-6,8-11,25-26H,1,7H2,2-3H3,(H,28,29)/b18-10-,23-22?. The third-order valence-corrected chi connectivity index (χ3v) is 5.43. The fourth-order valence-corrected chi connectivity index (χ4v) is 3.93. The number of carbonyl (C=O) groups is 2.